The van der Waals surface area contributed by atoms with Crippen molar-refractivity contribution in [3.8, 4) is 0 Å². The van der Waals surface area contributed by atoms with Crippen molar-refractivity contribution < 1.29 is 9.59 Å². The van der Waals surface area contributed by atoms with Crippen LogP contribution in [0.4, 0.5) is 0 Å². The molecule has 0 aliphatic carbocycles. The molecule has 0 atom stereocenters. The van der Waals surface area contributed by atoms with Crippen molar-refractivity contribution >= 4 is 17.6 Å². The van der Waals surface area contributed by atoms with Crippen LogP contribution in [0.1, 0.15) is 48.5 Å². The quantitative estimate of drug-likeness (QED) is 0.646. The highest BCUT2D eigenvalue weighted by molar-refractivity contribution is 6.03. The number of carbonyl (C=O) groups is 2. The Labute approximate surface area is 148 Å². The summed E-state index contributed by atoms with van der Waals surface area (Å²) in [6, 6.07) is 7.34. The number of aliphatic imine (C=N–C) groups is 1. The molecular formula is C19H26N4O2. The number of carbonyl (C=O) groups excluding carboxylic acids is 2. The smallest absolute Gasteiger partial charge is 0.278 e. The number of amides is 2. The second-order valence-corrected chi connectivity index (χ2v) is 7.08. The van der Waals surface area contributed by atoms with E-state index in [1.807, 2.05) is 23.1 Å². The summed E-state index contributed by atoms with van der Waals surface area (Å²) >= 11 is 0. The van der Waals surface area contributed by atoms with Gasteiger partial charge in [0, 0.05) is 18.7 Å². The highest BCUT2D eigenvalue weighted by Gasteiger charge is 2.44. The van der Waals surface area contributed by atoms with E-state index < -0.39 is 0 Å². The van der Waals surface area contributed by atoms with Crippen LogP contribution in [-0.2, 0) is 11.3 Å². The second kappa shape index (κ2) is 7.35. The lowest BCUT2D eigenvalue weighted by molar-refractivity contribution is -0.149. The molecule has 0 unspecified atom stereocenters. The molecule has 25 heavy (non-hydrogen) atoms. The van der Waals surface area contributed by atoms with Crippen molar-refractivity contribution in [1.82, 2.24) is 10.2 Å². The summed E-state index contributed by atoms with van der Waals surface area (Å²) in [4.78, 5) is 31.2. The third-order valence-electron chi connectivity index (χ3n) is 5.27. The Morgan fingerprint density at radius 3 is 2.72 bits per heavy atom. The second-order valence-electron chi connectivity index (χ2n) is 7.08. The zero-order valence-electron chi connectivity index (χ0n) is 14.8. The summed E-state index contributed by atoms with van der Waals surface area (Å²) in [5.74, 6) is 0.125. The molecule has 2 fully saturated rings. The van der Waals surface area contributed by atoms with E-state index in [4.69, 9.17) is 5.73 Å². The van der Waals surface area contributed by atoms with Gasteiger partial charge in [-0.1, -0.05) is 18.2 Å². The van der Waals surface area contributed by atoms with Gasteiger partial charge in [0.2, 0.25) is 5.91 Å². The topological polar surface area (TPSA) is 87.8 Å². The standard InChI is InChI=1S/C19H26N4O2/c1-14(20)22-17(24)16-6-3-2-5-15(16)13-23-12-4-7-19(18(23)25)8-10-21-11-9-19/h2-3,5-6,21H,4,7-13H2,1H3,(H2,20,22,24). The van der Waals surface area contributed by atoms with Crippen LogP contribution in [0.15, 0.2) is 29.3 Å². The number of benzene rings is 1. The Hall–Kier alpha value is -2.21. The average Bonchev–Trinajstić information content (AvgIpc) is 2.60. The molecule has 2 aliphatic heterocycles. The molecule has 0 aromatic heterocycles. The Morgan fingerprint density at radius 1 is 1.28 bits per heavy atom. The van der Waals surface area contributed by atoms with Crippen molar-refractivity contribution in [2.24, 2.45) is 16.1 Å². The van der Waals surface area contributed by atoms with Crippen LogP contribution < -0.4 is 11.1 Å². The van der Waals surface area contributed by atoms with Crippen LogP contribution in [0, 0.1) is 5.41 Å². The summed E-state index contributed by atoms with van der Waals surface area (Å²) in [5, 5.41) is 3.34. The summed E-state index contributed by atoms with van der Waals surface area (Å²) in [7, 11) is 0. The van der Waals surface area contributed by atoms with Crippen LogP contribution in [0.3, 0.4) is 0 Å². The van der Waals surface area contributed by atoms with Crippen molar-refractivity contribution in [3.05, 3.63) is 35.4 Å². The van der Waals surface area contributed by atoms with E-state index >= 15 is 0 Å². The van der Waals surface area contributed by atoms with E-state index in [1.54, 1.807) is 13.0 Å². The minimum atomic E-state index is -0.350. The zero-order valence-corrected chi connectivity index (χ0v) is 14.8. The number of hydrogen-bond acceptors (Lipinski definition) is 3. The van der Waals surface area contributed by atoms with E-state index in [9.17, 15) is 9.59 Å². The molecule has 134 valence electrons. The number of amidine groups is 1. The minimum Gasteiger partial charge on any atom is -0.387 e. The summed E-state index contributed by atoms with van der Waals surface area (Å²) in [6.45, 7) is 4.60. The molecule has 3 rings (SSSR count). The Morgan fingerprint density at radius 2 is 2.00 bits per heavy atom. The highest BCUT2D eigenvalue weighted by atomic mass is 16.2. The number of piperidine rings is 2. The monoisotopic (exact) mass is 342 g/mol. The van der Waals surface area contributed by atoms with Gasteiger partial charge < -0.3 is 16.0 Å². The fraction of sp³-hybridized carbons (Fsp3) is 0.526. The number of rotatable bonds is 3. The van der Waals surface area contributed by atoms with Gasteiger partial charge in [0.1, 0.15) is 5.84 Å². The van der Waals surface area contributed by atoms with Gasteiger partial charge in [0.25, 0.3) is 5.91 Å². The van der Waals surface area contributed by atoms with Gasteiger partial charge in [-0.25, -0.2) is 0 Å². The maximum absolute atomic E-state index is 13.1. The number of nitrogens with zero attached hydrogens (tertiary/aromatic N) is 2. The van der Waals surface area contributed by atoms with Crippen LogP contribution in [-0.4, -0.2) is 42.2 Å². The highest BCUT2D eigenvalue weighted by Crippen LogP contribution is 2.39. The van der Waals surface area contributed by atoms with Crippen molar-refractivity contribution in [2.75, 3.05) is 19.6 Å². The first-order chi connectivity index (χ1) is 12.0. The largest absolute Gasteiger partial charge is 0.387 e. The van der Waals surface area contributed by atoms with E-state index in [0.29, 0.717) is 12.1 Å². The summed E-state index contributed by atoms with van der Waals surface area (Å²) in [5.41, 5.74) is 6.67. The number of hydrogen-bond donors (Lipinski definition) is 2. The number of nitrogens with two attached hydrogens (primary N) is 1. The minimum absolute atomic E-state index is 0.214. The lowest BCUT2D eigenvalue weighted by Crippen LogP contribution is -2.52. The van der Waals surface area contributed by atoms with E-state index in [2.05, 4.69) is 10.3 Å². The number of nitrogens with one attached hydrogen (secondary N) is 1. The van der Waals surface area contributed by atoms with E-state index in [-0.39, 0.29) is 23.1 Å². The first-order valence-corrected chi connectivity index (χ1v) is 8.95. The zero-order chi connectivity index (χ0) is 17.9. The third-order valence-corrected chi connectivity index (χ3v) is 5.27. The molecule has 1 aromatic carbocycles. The van der Waals surface area contributed by atoms with Gasteiger partial charge in [-0.2, -0.15) is 4.99 Å². The molecule has 0 radical (unpaired) electrons. The first-order valence-electron chi connectivity index (χ1n) is 8.95. The number of likely N-dealkylation sites (tertiary alicyclic amines) is 1. The van der Waals surface area contributed by atoms with Crippen LogP contribution in [0.2, 0.25) is 0 Å². The Kier molecular flexibility index (Phi) is 5.18. The van der Waals surface area contributed by atoms with Crippen molar-refractivity contribution in [2.45, 2.75) is 39.2 Å². The lowest BCUT2D eigenvalue weighted by atomic mass is 9.72. The molecule has 0 saturated carbocycles. The molecule has 2 saturated heterocycles. The van der Waals surface area contributed by atoms with Gasteiger partial charge in [-0.3, -0.25) is 9.59 Å². The van der Waals surface area contributed by atoms with Crippen molar-refractivity contribution in [3.63, 3.8) is 0 Å². The molecule has 0 bridgehead atoms. The van der Waals surface area contributed by atoms with E-state index in [1.165, 1.54) is 0 Å². The summed E-state index contributed by atoms with van der Waals surface area (Å²) in [6.07, 6.45) is 3.79. The SMILES string of the molecule is CC(N)=NC(=O)c1ccccc1CN1CCCC2(CCNCC2)C1=O. The molecule has 2 aliphatic rings. The van der Waals surface area contributed by atoms with Gasteiger partial charge in [-0.15, -0.1) is 0 Å². The molecule has 6 nitrogen and oxygen atoms in total. The van der Waals surface area contributed by atoms with Gasteiger partial charge >= 0.3 is 0 Å². The molecule has 1 spiro atoms. The molecule has 6 heteroatoms. The predicted molar refractivity (Wildman–Crippen MR) is 97.3 cm³/mol. The normalized spacial score (nSPS) is 20.8. The van der Waals surface area contributed by atoms with Crippen LogP contribution in [0.5, 0.6) is 0 Å². The van der Waals surface area contributed by atoms with Crippen LogP contribution >= 0.6 is 0 Å². The van der Waals surface area contributed by atoms with Gasteiger partial charge in [-0.05, 0) is 57.3 Å². The Balaban J connectivity index is 1.81. The fourth-order valence-electron chi connectivity index (χ4n) is 3.97. The molecule has 1 aromatic rings. The fourth-order valence-corrected chi connectivity index (χ4v) is 3.97. The molecule has 2 amide bonds. The predicted octanol–water partition coefficient (Wildman–Crippen LogP) is 1.70. The van der Waals surface area contributed by atoms with Crippen LogP contribution in [0.25, 0.3) is 0 Å². The first kappa shape index (κ1) is 17.6. The molecular weight excluding hydrogens is 316 g/mol. The van der Waals surface area contributed by atoms with Gasteiger partial charge in [0.15, 0.2) is 0 Å². The van der Waals surface area contributed by atoms with Gasteiger partial charge in [0.05, 0.1) is 5.41 Å². The summed E-state index contributed by atoms with van der Waals surface area (Å²) < 4.78 is 0. The molecule has 3 N–H and O–H groups in total. The maximum atomic E-state index is 13.1. The maximum Gasteiger partial charge on any atom is 0.278 e. The third kappa shape index (κ3) is 3.74. The Bertz CT molecular complexity index is 683. The lowest BCUT2D eigenvalue weighted by Gasteiger charge is -2.44. The average molecular weight is 342 g/mol. The van der Waals surface area contributed by atoms with E-state index in [0.717, 1.165) is 50.9 Å². The molecule has 2 heterocycles. The van der Waals surface area contributed by atoms with Crippen molar-refractivity contribution in [1.29, 1.82) is 0 Å².